The van der Waals surface area contributed by atoms with Gasteiger partial charge in [-0.15, -0.1) is 0 Å². The summed E-state index contributed by atoms with van der Waals surface area (Å²) in [5, 5.41) is 4.55. The lowest BCUT2D eigenvalue weighted by Gasteiger charge is -2.36. The summed E-state index contributed by atoms with van der Waals surface area (Å²) in [6.07, 6.45) is 4.61. The van der Waals surface area contributed by atoms with Crippen LogP contribution in [-0.2, 0) is 12.8 Å². The Bertz CT molecular complexity index is 1140. The number of nitrogens with zero attached hydrogens (tertiary/aromatic N) is 3. The highest BCUT2D eigenvalue weighted by atomic mass is 79.9. The van der Waals surface area contributed by atoms with Crippen LogP contribution in [0.5, 0.6) is 0 Å². The molecule has 5 nitrogen and oxygen atoms in total. The maximum atomic E-state index is 13.4. The van der Waals surface area contributed by atoms with Crippen molar-refractivity contribution in [2.75, 3.05) is 6.54 Å². The first-order chi connectivity index (χ1) is 14.0. The van der Waals surface area contributed by atoms with Gasteiger partial charge in [-0.1, -0.05) is 34.1 Å². The van der Waals surface area contributed by atoms with E-state index in [9.17, 15) is 4.79 Å². The predicted molar refractivity (Wildman–Crippen MR) is 116 cm³/mol. The molecule has 0 radical (unpaired) electrons. The lowest BCUT2D eigenvalue weighted by atomic mass is 9.88. The van der Waals surface area contributed by atoms with E-state index in [1.54, 1.807) is 0 Å². The lowest BCUT2D eigenvalue weighted by Crippen LogP contribution is -2.39. The number of amides is 1. The van der Waals surface area contributed by atoms with E-state index in [1.807, 2.05) is 40.9 Å². The third-order valence-electron chi connectivity index (χ3n) is 5.88. The van der Waals surface area contributed by atoms with Crippen molar-refractivity contribution in [3.8, 4) is 11.3 Å². The number of hydrogen-bond donors (Lipinski definition) is 0. The van der Waals surface area contributed by atoms with E-state index in [2.05, 4.69) is 46.2 Å². The second-order valence-corrected chi connectivity index (χ2v) is 8.77. The van der Waals surface area contributed by atoms with E-state index in [0.717, 1.165) is 46.5 Å². The van der Waals surface area contributed by atoms with Crippen LogP contribution in [0.4, 0.5) is 0 Å². The first-order valence-corrected chi connectivity index (χ1v) is 10.7. The van der Waals surface area contributed by atoms with E-state index < -0.39 is 0 Å². The van der Waals surface area contributed by atoms with Crippen LogP contribution in [0.3, 0.4) is 0 Å². The Morgan fingerprint density at radius 3 is 2.86 bits per heavy atom. The molecule has 148 valence electrons. The molecule has 4 heterocycles. The van der Waals surface area contributed by atoms with Crippen LogP contribution in [0.15, 0.2) is 45.3 Å². The largest absolute Gasteiger partial charge is 0.461 e. The van der Waals surface area contributed by atoms with Gasteiger partial charge in [-0.25, -0.2) is 4.68 Å². The Hall–Kier alpha value is -2.60. The number of hydrogen-bond acceptors (Lipinski definition) is 3. The number of carbonyl (C=O) groups is 1. The van der Waals surface area contributed by atoms with Crippen molar-refractivity contribution in [1.29, 1.82) is 0 Å². The first kappa shape index (κ1) is 18.4. The summed E-state index contributed by atoms with van der Waals surface area (Å²) in [5.41, 5.74) is 5.11. The molecule has 0 fully saturated rings. The van der Waals surface area contributed by atoms with E-state index in [4.69, 9.17) is 4.42 Å². The number of allylic oxidation sites excluding steroid dienone is 1. The Morgan fingerprint density at radius 2 is 2.07 bits per heavy atom. The summed E-state index contributed by atoms with van der Waals surface area (Å²) in [6.45, 7) is 4.74. The number of benzene rings is 1. The standard InChI is InChI=1S/C23H22BrN3O2/c1-14-6-9-21(29-14)19-5-3-4-16-10-11-26(15(2)22(16)19)23(28)20-12-18-8-7-17(24)13-27(18)25-20/h3-6,9,12-13,15H,7-8,10-11H2,1-2H3. The van der Waals surface area contributed by atoms with Crippen molar-refractivity contribution in [2.45, 2.75) is 39.2 Å². The monoisotopic (exact) mass is 451 g/mol. The molecule has 0 spiro atoms. The molecular weight excluding hydrogens is 430 g/mol. The minimum absolute atomic E-state index is 0.0139. The second-order valence-electron chi connectivity index (χ2n) is 7.75. The number of aryl methyl sites for hydroxylation is 2. The van der Waals surface area contributed by atoms with Crippen molar-refractivity contribution in [3.05, 3.63) is 69.2 Å². The summed E-state index contributed by atoms with van der Waals surface area (Å²) in [4.78, 5) is 15.3. The molecular formula is C23H22BrN3O2. The van der Waals surface area contributed by atoms with Gasteiger partial charge in [0.05, 0.1) is 6.04 Å². The number of furan rings is 1. The van der Waals surface area contributed by atoms with Gasteiger partial charge in [0.2, 0.25) is 0 Å². The quantitative estimate of drug-likeness (QED) is 0.527. The van der Waals surface area contributed by atoms with Gasteiger partial charge in [0, 0.05) is 28.5 Å². The van der Waals surface area contributed by atoms with Gasteiger partial charge in [-0.3, -0.25) is 4.79 Å². The fraction of sp³-hybridized carbons (Fsp3) is 0.304. The second kappa shape index (κ2) is 7.02. The Balaban J connectivity index is 1.50. The van der Waals surface area contributed by atoms with Crippen LogP contribution in [0, 0.1) is 6.92 Å². The van der Waals surface area contributed by atoms with Gasteiger partial charge in [0.1, 0.15) is 11.5 Å². The molecule has 2 aliphatic heterocycles. The number of halogens is 1. The van der Waals surface area contributed by atoms with E-state index in [0.29, 0.717) is 12.2 Å². The maximum absolute atomic E-state index is 13.4. The third-order valence-corrected chi connectivity index (χ3v) is 6.49. The lowest BCUT2D eigenvalue weighted by molar-refractivity contribution is 0.0671. The van der Waals surface area contributed by atoms with Gasteiger partial charge in [-0.2, -0.15) is 5.10 Å². The van der Waals surface area contributed by atoms with Crippen LogP contribution >= 0.6 is 15.9 Å². The molecule has 1 amide bonds. The zero-order chi connectivity index (χ0) is 20.1. The molecule has 2 aliphatic rings. The van der Waals surface area contributed by atoms with Gasteiger partial charge >= 0.3 is 0 Å². The molecule has 6 heteroatoms. The topological polar surface area (TPSA) is 51.3 Å². The molecule has 1 aromatic carbocycles. The smallest absolute Gasteiger partial charge is 0.274 e. The highest BCUT2D eigenvalue weighted by Gasteiger charge is 2.32. The molecule has 0 N–H and O–H groups in total. The Labute approximate surface area is 178 Å². The highest BCUT2D eigenvalue weighted by molar-refractivity contribution is 9.11. The van der Waals surface area contributed by atoms with Crippen molar-refractivity contribution in [3.63, 3.8) is 0 Å². The fourth-order valence-electron chi connectivity index (χ4n) is 4.41. The van der Waals surface area contributed by atoms with E-state index >= 15 is 0 Å². The van der Waals surface area contributed by atoms with Crippen LogP contribution in [0.2, 0.25) is 0 Å². The molecule has 0 saturated carbocycles. The van der Waals surface area contributed by atoms with Crippen LogP contribution in [0.25, 0.3) is 17.5 Å². The molecule has 1 atom stereocenters. The normalized spacial score (nSPS) is 18.2. The van der Waals surface area contributed by atoms with Gasteiger partial charge in [-0.05, 0) is 62.4 Å². The molecule has 5 rings (SSSR count). The van der Waals surface area contributed by atoms with Crippen molar-refractivity contribution < 1.29 is 9.21 Å². The van der Waals surface area contributed by atoms with Crippen molar-refractivity contribution in [2.24, 2.45) is 0 Å². The minimum Gasteiger partial charge on any atom is -0.461 e. The average Bonchev–Trinajstić information content (AvgIpc) is 3.33. The van der Waals surface area contributed by atoms with Crippen LogP contribution in [-0.4, -0.2) is 27.1 Å². The SMILES string of the molecule is Cc1ccc(-c2cccc3c2C(C)N(C(=O)c2cc4n(n2)C=C(Br)CC4)CC3)o1. The third kappa shape index (κ3) is 3.15. The zero-order valence-corrected chi connectivity index (χ0v) is 18.1. The van der Waals surface area contributed by atoms with Crippen LogP contribution < -0.4 is 0 Å². The summed E-state index contributed by atoms with van der Waals surface area (Å²) >= 11 is 3.54. The Kier molecular flexibility index (Phi) is 4.46. The Morgan fingerprint density at radius 1 is 1.21 bits per heavy atom. The summed E-state index contributed by atoms with van der Waals surface area (Å²) in [5.74, 6) is 1.73. The molecule has 0 saturated heterocycles. The molecule has 3 aromatic rings. The minimum atomic E-state index is -0.0473. The molecule has 2 aromatic heterocycles. The van der Waals surface area contributed by atoms with Crippen molar-refractivity contribution >= 4 is 28.0 Å². The average molecular weight is 452 g/mol. The summed E-state index contributed by atoms with van der Waals surface area (Å²) in [7, 11) is 0. The highest BCUT2D eigenvalue weighted by Crippen LogP contribution is 2.38. The number of rotatable bonds is 2. The molecule has 29 heavy (non-hydrogen) atoms. The maximum Gasteiger partial charge on any atom is 0.274 e. The number of fused-ring (bicyclic) bond motifs is 2. The van der Waals surface area contributed by atoms with Gasteiger partial charge < -0.3 is 9.32 Å². The van der Waals surface area contributed by atoms with E-state index in [1.165, 1.54) is 11.1 Å². The molecule has 1 unspecified atom stereocenters. The number of aromatic nitrogens is 2. The number of carbonyl (C=O) groups excluding carboxylic acids is 1. The molecule has 0 aliphatic carbocycles. The summed E-state index contributed by atoms with van der Waals surface area (Å²) in [6, 6.07) is 12.2. The van der Waals surface area contributed by atoms with Crippen LogP contribution in [0.1, 0.15) is 52.5 Å². The van der Waals surface area contributed by atoms with Gasteiger partial charge in [0.25, 0.3) is 5.91 Å². The zero-order valence-electron chi connectivity index (χ0n) is 16.5. The first-order valence-electron chi connectivity index (χ1n) is 9.95. The summed E-state index contributed by atoms with van der Waals surface area (Å²) < 4.78 is 8.82. The fourth-order valence-corrected chi connectivity index (χ4v) is 4.81. The van der Waals surface area contributed by atoms with Crippen molar-refractivity contribution in [1.82, 2.24) is 14.7 Å². The predicted octanol–water partition coefficient (Wildman–Crippen LogP) is 5.35. The van der Waals surface area contributed by atoms with Gasteiger partial charge in [0.15, 0.2) is 5.69 Å². The molecule has 0 bridgehead atoms. The van der Waals surface area contributed by atoms with E-state index in [-0.39, 0.29) is 11.9 Å².